The fourth-order valence-electron chi connectivity index (χ4n) is 2.45. The Morgan fingerprint density at radius 2 is 1.81 bits per heavy atom. The van der Waals surface area contributed by atoms with Gasteiger partial charge in [-0.1, -0.05) is 12.0 Å². The number of terminal acetylenes is 1. The molecule has 84 valence electrons. The summed E-state index contributed by atoms with van der Waals surface area (Å²) >= 11 is 0. The van der Waals surface area contributed by atoms with Crippen LogP contribution in [0.5, 0.6) is 0 Å². The molecule has 0 spiro atoms. The molecule has 1 unspecified atom stereocenters. The number of aromatic nitrogens is 1. The third-order valence-corrected chi connectivity index (χ3v) is 3.41. The molecule has 0 saturated carbocycles. The smallest absolute Gasteiger partial charge is 0.0714 e. The van der Waals surface area contributed by atoms with Crippen LogP contribution in [0.2, 0.25) is 0 Å². The summed E-state index contributed by atoms with van der Waals surface area (Å²) in [6.07, 6.45) is 12.9. The molecule has 2 heteroatoms. The molecular formula is C14H18N2. The van der Waals surface area contributed by atoms with E-state index in [1.54, 1.807) is 12.4 Å². The SMILES string of the molecule is C#CC1CC2CCN1CC2.c1ccncc1. The summed E-state index contributed by atoms with van der Waals surface area (Å²) in [5.74, 6) is 3.81. The molecule has 2 nitrogen and oxygen atoms in total. The molecule has 2 bridgehead atoms. The summed E-state index contributed by atoms with van der Waals surface area (Å²) in [6.45, 7) is 2.50. The highest BCUT2D eigenvalue weighted by atomic mass is 15.2. The van der Waals surface area contributed by atoms with Gasteiger partial charge >= 0.3 is 0 Å². The Morgan fingerprint density at radius 3 is 2.06 bits per heavy atom. The van der Waals surface area contributed by atoms with E-state index in [-0.39, 0.29) is 0 Å². The van der Waals surface area contributed by atoms with Gasteiger partial charge in [0.25, 0.3) is 0 Å². The van der Waals surface area contributed by atoms with Crippen molar-refractivity contribution in [3.63, 3.8) is 0 Å². The average molecular weight is 214 g/mol. The molecule has 0 N–H and O–H groups in total. The zero-order chi connectivity index (χ0) is 11.2. The van der Waals surface area contributed by atoms with Gasteiger partial charge in [0.05, 0.1) is 6.04 Å². The van der Waals surface area contributed by atoms with Crippen LogP contribution < -0.4 is 0 Å². The highest BCUT2D eigenvalue weighted by molar-refractivity contribution is 5.05. The fourth-order valence-corrected chi connectivity index (χ4v) is 2.45. The highest BCUT2D eigenvalue weighted by Crippen LogP contribution is 2.31. The van der Waals surface area contributed by atoms with Gasteiger partial charge < -0.3 is 0 Å². The van der Waals surface area contributed by atoms with Crippen LogP contribution >= 0.6 is 0 Å². The Morgan fingerprint density at radius 1 is 1.12 bits per heavy atom. The van der Waals surface area contributed by atoms with Crippen LogP contribution in [-0.4, -0.2) is 29.0 Å². The first kappa shape index (κ1) is 11.2. The molecule has 0 amide bonds. The van der Waals surface area contributed by atoms with Crippen molar-refractivity contribution in [2.45, 2.75) is 25.3 Å². The zero-order valence-electron chi connectivity index (χ0n) is 9.55. The molecule has 0 aromatic carbocycles. The van der Waals surface area contributed by atoms with Crippen molar-refractivity contribution >= 4 is 0 Å². The summed E-state index contributed by atoms with van der Waals surface area (Å²) in [5, 5.41) is 0. The first-order chi connectivity index (χ1) is 7.90. The first-order valence-corrected chi connectivity index (χ1v) is 5.95. The number of nitrogens with zero attached hydrogens (tertiary/aromatic N) is 2. The number of pyridine rings is 1. The largest absolute Gasteiger partial charge is 0.290 e. The van der Waals surface area contributed by atoms with Crippen LogP contribution in [0, 0.1) is 18.3 Å². The maximum absolute atomic E-state index is 5.40. The molecule has 4 rings (SSSR count). The van der Waals surface area contributed by atoms with Gasteiger partial charge in [-0.15, -0.1) is 6.42 Å². The molecule has 0 aliphatic carbocycles. The van der Waals surface area contributed by atoms with Gasteiger partial charge in [-0.05, 0) is 50.4 Å². The van der Waals surface area contributed by atoms with E-state index in [1.165, 1.54) is 32.4 Å². The van der Waals surface area contributed by atoms with Gasteiger partial charge in [0, 0.05) is 12.4 Å². The van der Waals surface area contributed by atoms with Crippen molar-refractivity contribution in [1.82, 2.24) is 9.88 Å². The van der Waals surface area contributed by atoms with Gasteiger partial charge in [-0.3, -0.25) is 9.88 Å². The highest BCUT2D eigenvalue weighted by Gasteiger charge is 2.31. The lowest BCUT2D eigenvalue weighted by Gasteiger charge is -2.43. The molecule has 1 aromatic rings. The van der Waals surface area contributed by atoms with Crippen molar-refractivity contribution in [3.05, 3.63) is 30.6 Å². The Labute approximate surface area is 97.7 Å². The van der Waals surface area contributed by atoms with E-state index in [1.807, 2.05) is 18.2 Å². The summed E-state index contributed by atoms with van der Waals surface area (Å²) in [5.41, 5.74) is 0. The van der Waals surface area contributed by atoms with E-state index in [4.69, 9.17) is 6.42 Å². The molecule has 3 aliphatic heterocycles. The number of rotatable bonds is 0. The van der Waals surface area contributed by atoms with Crippen LogP contribution in [0.1, 0.15) is 19.3 Å². The third-order valence-electron chi connectivity index (χ3n) is 3.41. The van der Waals surface area contributed by atoms with Crippen LogP contribution in [-0.2, 0) is 0 Å². The number of piperidine rings is 3. The molecule has 16 heavy (non-hydrogen) atoms. The maximum atomic E-state index is 5.40. The Hall–Kier alpha value is -1.33. The first-order valence-electron chi connectivity index (χ1n) is 5.95. The molecular weight excluding hydrogens is 196 g/mol. The monoisotopic (exact) mass is 214 g/mol. The zero-order valence-corrected chi connectivity index (χ0v) is 9.55. The lowest BCUT2D eigenvalue weighted by Crippen LogP contribution is -2.47. The van der Waals surface area contributed by atoms with Crippen molar-refractivity contribution in [2.75, 3.05) is 13.1 Å². The second-order valence-corrected chi connectivity index (χ2v) is 4.42. The molecule has 0 radical (unpaired) electrons. The minimum absolute atomic E-state index is 0.479. The second kappa shape index (κ2) is 5.67. The van der Waals surface area contributed by atoms with Crippen molar-refractivity contribution in [3.8, 4) is 12.3 Å². The second-order valence-electron chi connectivity index (χ2n) is 4.42. The Balaban J connectivity index is 0.000000138. The van der Waals surface area contributed by atoms with Crippen molar-refractivity contribution in [2.24, 2.45) is 5.92 Å². The molecule has 4 heterocycles. The van der Waals surface area contributed by atoms with Crippen molar-refractivity contribution in [1.29, 1.82) is 0 Å². The maximum Gasteiger partial charge on any atom is 0.0714 e. The molecule has 3 fully saturated rings. The predicted octanol–water partition coefficient (Wildman–Crippen LogP) is 2.19. The van der Waals surface area contributed by atoms with Crippen LogP contribution in [0.4, 0.5) is 0 Å². The minimum Gasteiger partial charge on any atom is -0.290 e. The van der Waals surface area contributed by atoms with Gasteiger partial charge in [-0.2, -0.15) is 0 Å². The average Bonchev–Trinajstić information content (AvgIpc) is 2.42. The number of hydrogen-bond acceptors (Lipinski definition) is 2. The Bertz CT molecular complexity index is 307. The van der Waals surface area contributed by atoms with Gasteiger partial charge in [-0.25, -0.2) is 0 Å². The van der Waals surface area contributed by atoms with E-state index < -0.39 is 0 Å². The summed E-state index contributed by atoms with van der Waals surface area (Å²) in [4.78, 5) is 6.23. The predicted molar refractivity (Wildman–Crippen MR) is 65.8 cm³/mol. The van der Waals surface area contributed by atoms with Gasteiger partial charge in [0.1, 0.15) is 0 Å². The van der Waals surface area contributed by atoms with Crippen LogP contribution in [0.15, 0.2) is 30.6 Å². The third kappa shape index (κ3) is 2.84. The van der Waals surface area contributed by atoms with E-state index in [9.17, 15) is 0 Å². The van der Waals surface area contributed by atoms with E-state index >= 15 is 0 Å². The van der Waals surface area contributed by atoms with E-state index in [0.29, 0.717) is 6.04 Å². The van der Waals surface area contributed by atoms with Crippen LogP contribution in [0.25, 0.3) is 0 Å². The standard InChI is InChI=1S/C9H13N.C5H5N/c1-2-9-7-8-3-5-10(9)6-4-8;1-2-4-6-5-3-1/h1,8-9H,3-7H2;1-5H. The number of hydrogen-bond donors (Lipinski definition) is 0. The quantitative estimate of drug-likeness (QED) is 0.615. The topological polar surface area (TPSA) is 16.1 Å². The normalized spacial score (nSPS) is 31.1. The summed E-state index contributed by atoms with van der Waals surface area (Å²) in [7, 11) is 0. The lowest BCUT2D eigenvalue weighted by atomic mass is 9.84. The molecule has 3 saturated heterocycles. The van der Waals surface area contributed by atoms with E-state index in [0.717, 1.165) is 5.92 Å². The fraction of sp³-hybridized carbons (Fsp3) is 0.500. The minimum atomic E-state index is 0.479. The van der Waals surface area contributed by atoms with Crippen LogP contribution in [0.3, 0.4) is 0 Å². The molecule has 3 aliphatic rings. The number of fused-ring (bicyclic) bond motifs is 3. The van der Waals surface area contributed by atoms with Gasteiger partial charge in [0.2, 0.25) is 0 Å². The van der Waals surface area contributed by atoms with Gasteiger partial charge in [0.15, 0.2) is 0 Å². The van der Waals surface area contributed by atoms with Crippen molar-refractivity contribution < 1.29 is 0 Å². The molecule has 1 aromatic heterocycles. The lowest BCUT2D eigenvalue weighted by molar-refractivity contribution is 0.0783. The molecule has 1 atom stereocenters. The Kier molecular flexibility index (Phi) is 3.96. The van der Waals surface area contributed by atoms with E-state index in [2.05, 4.69) is 15.8 Å². The summed E-state index contributed by atoms with van der Waals surface area (Å²) < 4.78 is 0. The summed E-state index contributed by atoms with van der Waals surface area (Å²) in [6, 6.07) is 6.19.